The minimum Gasteiger partial charge on any atom is -0.395 e. The van der Waals surface area contributed by atoms with Crippen molar-refractivity contribution in [2.24, 2.45) is 5.41 Å². The highest BCUT2D eigenvalue weighted by Gasteiger charge is 2.20. The van der Waals surface area contributed by atoms with Crippen LogP contribution in [0, 0.1) is 16.7 Å². The van der Waals surface area contributed by atoms with E-state index in [1.807, 2.05) is 0 Å². The van der Waals surface area contributed by atoms with Crippen molar-refractivity contribution in [3.05, 3.63) is 0 Å². The molecule has 0 aliphatic heterocycles. The first kappa shape index (κ1) is 15.4. The van der Waals surface area contributed by atoms with E-state index in [1.54, 1.807) is 0 Å². The van der Waals surface area contributed by atoms with Gasteiger partial charge in [0.25, 0.3) is 0 Å². The second-order valence-corrected chi connectivity index (χ2v) is 5.18. The van der Waals surface area contributed by atoms with Gasteiger partial charge in [-0.3, -0.25) is 0 Å². The Morgan fingerprint density at radius 1 is 1.31 bits per heavy atom. The van der Waals surface area contributed by atoms with Gasteiger partial charge in [-0.15, -0.1) is 0 Å². The van der Waals surface area contributed by atoms with Crippen LogP contribution in [0.2, 0.25) is 0 Å². The van der Waals surface area contributed by atoms with Crippen molar-refractivity contribution < 1.29 is 5.11 Å². The summed E-state index contributed by atoms with van der Waals surface area (Å²) in [5, 5.41) is 17.6. The largest absolute Gasteiger partial charge is 0.395 e. The number of hydrogen-bond acceptors (Lipinski definition) is 3. The van der Waals surface area contributed by atoms with Crippen LogP contribution in [0.25, 0.3) is 0 Å². The Balaban J connectivity index is 4.08. The molecule has 0 radical (unpaired) electrons. The molecule has 0 unspecified atom stereocenters. The van der Waals surface area contributed by atoms with E-state index in [0.717, 1.165) is 26.1 Å². The zero-order valence-electron chi connectivity index (χ0n) is 11.0. The number of aliphatic hydroxyl groups is 1. The molecule has 94 valence electrons. The van der Waals surface area contributed by atoms with E-state index in [2.05, 4.69) is 31.7 Å². The summed E-state index contributed by atoms with van der Waals surface area (Å²) in [5.41, 5.74) is 0.165. The Hall–Kier alpha value is -0.590. The second-order valence-electron chi connectivity index (χ2n) is 5.18. The van der Waals surface area contributed by atoms with Crippen LogP contribution in [0.5, 0.6) is 0 Å². The maximum atomic E-state index is 9.01. The summed E-state index contributed by atoms with van der Waals surface area (Å²) in [6.45, 7) is 9.55. The van der Waals surface area contributed by atoms with Gasteiger partial charge >= 0.3 is 0 Å². The summed E-state index contributed by atoms with van der Waals surface area (Å²) in [6, 6.07) is 2.20. The predicted octanol–water partition coefficient (Wildman–Crippen LogP) is 2.41. The molecule has 3 nitrogen and oxygen atoms in total. The maximum absolute atomic E-state index is 9.01. The van der Waals surface area contributed by atoms with E-state index in [1.165, 1.54) is 12.8 Å². The van der Waals surface area contributed by atoms with E-state index in [4.69, 9.17) is 10.4 Å². The minimum atomic E-state index is 0.165. The number of nitriles is 1. The molecule has 3 heteroatoms. The molecule has 0 atom stereocenters. The molecule has 0 amide bonds. The Bertz CT molecular complexity index is 208. The Morgan fingerprint density at radius 2 is 2.00 bits per heavy atom. The molecule has 0 saturated heterocycles. The molecule has 0 aromatic rings. The zero-order valence-corrected chi connectivity index (χ0v) is 11.0. The van der Waals surface area contributed by atoms with Crippen LogP contribution in [0.15, 0.2) is 0 Å². The molecule has 0 saturated carbocycles. The van der Waals surface area contributed by atoms with Crippen LogP contribution < -0.4 is 0 Å². The topological polar surface area (TPSA) is 47.3 Å². The molecule has 1 N–H and O–H groups in total. The van der Waals surface area contributed by atoms with Crippen molar-refractivity contribution in [1.29, 1.82) is 5.26 Å². The number of hydrogen-bond donors (Lipinski definition) is 1. The first-order valence-electron chi connectivity index (χ1n) is 6.26. The maximum Gasteiger partial charge on any atom is 0.0621 e. The van der Waals surface area contributed by atoms with E-state index in [-0.39, 0.29) is 12.0 Å². The van der Waals surface area contributed by atoms with Gasteiger partial charge in [0, 0.05) is 19.5 Å². The summed E-state index contributed by atoms with van der Waals surface area (Å²) in [5.74, 6) is 0. The molecule has 0 aromatic heterocycles. The lowest BCUT2D eigenvalue weighted by atomic mass is 9.87. The lowest BCUT2D eigenvalue weighted by Gasteiger charge is -2.32. The van der Waals surface area contributed by atoms with Gasteiger partial charge in [-0.25, -0.2) is 0 Å². The van der Waals surface area contributed by atoms with Crippen LogP contribution in [-0.4, -0.2) is 36.2 Å². The van der Waals surface area contributed by atoms with Crippen LogP contribution in [0.3, 0.4) is 0 Å². The molecule has 0 bridgehead atoms. The molecular weight excluding hydrogens is 200 g/mol. The molecule has 0 aliphatic carbocycles. The van der Waals surface area contributed by atoms with Gasteiger partial charge < -0.3 is 10.0 Å². The highest BCUT2D eigenvalue weighted by molar-refractivity contribution is 4.80. The first-order valence-corrected chi connectivity index (χ1v) is 6.26. The Labute approximate surface area is 100 Å². The third-order valence-corrected chi connectivity index (χ3v) is 2.81. The van der Waals surface area contributed by atoms with E-state index >= 15 is 0 Å². The van der Waals surface area contributed by atoms with Crippen molar-refractivity contribution in [2.75, 3.05) is 26.2 Å². The van der Waals surface area contributed by atoms with E-state index in [9.17, 15) is 0 Å². The Morgan fingerprint density at radius 3 is 2.50 bits per heavy atom. The van der Waals surface area contributed by atoms with Crippen molar-refractivity contribution in [1.82, 2.24) is 4.90 Å². The van der Waals surface area contributed by atoms with Gasteiger partial charge in [-0.1, -0.05) is 27.2 Å². The molecule has 0 heterocycles. The number of rotatable bonds is 9. The van der Waals surface area contributed by atoms with Crippen molar-refractivity contribution in [3.63, 3.8) is 0 Å². The SMILES string of the molecule is CCCCN(CCO)CC(C)(C)CCC#N. The molecule has 0 rings (SSSR count). The molecule has 0 spiro atoms. The lowest BCUT2D eigenvalue weighted by Crippen LogP contribution is -2.36. The smallest absolute Gasteiger partial charge is 0.0621 e. The van der Waals surface area contributed by atoms with Gasteiger partial charge in [-0.05, 0) is 24.8 Å². The van der Waals surface area contributed by atoms with E-state index in [0.29, 0.717) is 6.42 Å². The third kappa shape index (κ3) is 7.67. The van der Waals surface area contributed by atoms with Crippen LogP contribution in [0.1, 0.15) is 46.5 Å². The predicted molar refractivity (Wildman–Crippen MR) is 67.1 cm³/mol. The van der Waals surface area contributed by atoms with Crippen LogP contribution >= 0.6 is 0 Å². The minimum absolute atomic E-state index is 0.165. The average molecular weight is 226 g/mol. The van der Waals surface area contributed by atoms with Gasteiger partial charge in [0.1, 0.15) is 0 Å². The van der Waals surface area contributed by atoms with Gasteiger partial charge in [-0.2, -0.15) is 5.26 Å². The quantitative estimate of drug-likeness (QED) is 0.657. The fourth-order valence-electron chi connectivity index (χ4n) is 1.87. The number of nitrogens with zero attached hydrogens (tertiary/aromatic N) is 2. The second kappa shape index (κ2) is 8.55. The van der Waals surface area contributed by atoms with Crippen LogP contribution in [0.4, 0.5) is 0 Å². The summed E-state index contributed by atoms with van der Waals surface area (Å²) in [4.78, 5) is 2.31. The highest BCUT2D eigenvalue weighted by Crippen LogP contribution is 2.23. The Kier molecular flexibility index (Phi) is 8.23. The lowest BCUT2D eigenvalue weighted by molar-refractivity contribution is 0.137. The first-order chi connectivity index (χ1) is 7.55. The molecule has 16 heavy (non-hydrogen) atoms. The summed E-state index contributed by atoms with van der Waals surface area (Å²) >= 11 is 0. The van der Waals surface area contributed by atoms with Crippen molar-refractivity contribution in [2.45, 2.75) is 46.5 Å². The standard InChI is InChI=1S/C13H26N2O/c1-4-5-9-15(10-11-16)12-13(2,3)7-6-8-14/h16H,4-7,9-12H2,1-3H3. The zero-order chi connectivity index (χ0) is 12.4. The molecular formula is C13H26N2O. The van der Waals surface area contributed by atoms with Gasteiger partial charge in [0.05, 0.1) is 12.7 Å². The fourth-order valence-corrected chi connectivity index (χ4v) is 1.87. The van der Waals surface area contributed by atoms with E-state index < -0.39 is 0 Å². The number of aliphatic hydroxyl groups excluding tert-OH is 1. The van der Waals surface area contributed by atoms with Gasteiger partial charge in [0.15, 0.2) is 0 Å². The monoisotopic (exact) mass is 226 g/mol. The average Bonchev–Trinajstić information content (AvgIpc) is 2.23. The van der Waals surface area contributed by atoms with Gasteiger partial charge in [0.2, 0.25) is 0 Å². The molecule has 0 aromatic carbocycles. The highest BCUT2D eigenvalue weighted by atomic mass is 16.3. The van der Waals surface area contributed by atoms with Crippen LogP contribution in [-0.2, 0) is 0 Å². The number of unbranched alkanes of at least 4 members (excludes halogenated alkanes) is 1. The fraction of sp³-hybridized carbons (Fsp3) is 0.923. The third-order valence-electron chi connectivity index (χ3n) is 2.81. The molecule has 0 aliphatic rings. The van der Waals surface area contributed by atoms with Crippen molar-refractivity contribution in [3.8, 4) is 6.07 Å². The summed E-state index contributed by atoms with van der Waals surface area (Å²) in [6.07, 6.45) is 3.90. The normalized spacial score (nSPS) is 11.8. The summed E-state index contributed by atoms with van der Waals surface area (Å²) < 4.78 is 0. The molecule has 0 fully saturated rings. The van der Waals surface area contributed by atoms with Crippen molar-refractivity contribution >= 4 is 0 Å². The summed E-state index contributed by atoms with van der Waals surface area (Å²) in [7, 11) is 0.